The van der Waals surface area contributed by atoms with Gasteiger partial charge in [0, 0.05) is 28.4 Å². The minimum absolute atomic E-state index is 0.0446. The van der Waals surface area contributed by atoms with Crippen molar-refractivity contribution in [3.8, 4) is 22.4 Å². The molecule has 12 heteroatoms. The van der Waals surface area contributed by atoms with Crippen LogP contribution in [0.2, 0.25) is 0 Å². The highest BCUT2D eigenvalue weighted by atomic mass is 19.4. The molecule has 47 heavy (non-hydrogen) atoms. The number of nitrogens with zero attached hydrogens (tertiary/aromatic N) is 3. The van der Waals surface area contributed by atoms with Crippen LogP contribution in [0.5, 0.6) is 0 Å². The third kappa shape index (κ3) is 7.22. The highest BCUT2D eigenvalue weighted by molar-refractivity contribution is 6.07. The molecule has 1 aliphatic heterocycles. The van der Waals surface area contributed by atoms with E-state index in [1.165, 1.54) is 6.07 Å². The first-order valence-electron chi connectivity index (χ1n) is 15.1. The van der Waals surface area contributed by atoms with Crippen molar-refractivity contribution in [1.82, 2.24) is 14.6 Å². The summed E-state index contributed by atoms with van der Waals surface area (Å²) >= 11 is 0. The topological polar surface area (TPSA) is 103 Å². The molecule has 1 amide bonds. The quantitative estimate of drug-likeness (QED) is 0.168. The molecule has 246 valence electrons. The van der Waals surface area contributed by atoms with Gasteiger partial charge in [-0.1, -0.05) is 43.0 Å². The van der Waals surface area contributed by atoms with E-state index in [0.717, 1.165) is 48.5 Å². The lowest BCUT2D eigenvalue weighted by molar-refractivity contribution is -0.199. The van der Waals surface area contributed by atoms with Gasteiger partial charge in [-0.05, 0) is 94.6 Å². The lowest BCUT2D eigenvalue weighted by Crippen LogP contribution is -2.33. The average Bonchev–Trinajstić information content (AvgIpc) is 3.34. The van der Waals surface area contributed by atoms with Crippen molar-refractivity contribution in [2.45, 2.75) is 51.8 Å². The molecule has 0 spiro atoms. The maximum absolute atomic E-state index is 13.6. The van der Waals surface area contributed by atoms with E-state index in [0.29, 0.717) is 33.9 Å². The summed E-state index contributed by atoms with van der Waals surface area (Å²) in [6, 6.07) is 13.9. The standard InChI is InChI=1S/C35H35F3N4O5/c1-6-29(43)40-28-18-25(8-7-21(28)4)30-27-17-26(33(44)46-20(2)3)19-39-32(27)42(47-34(45)35(36,37)38)31(30)24-11-9-22(10-12-24)23-13-15-41(5)16-14-23/h6-12,17-20,23H,1,13-16H2,2-5H3,(H,40,43). The smallest absolute Gasteiger partial charge is 0.459 e. The number of ether oxygens (including phenoxy) is 1. The summed E-state index contributed by atoms with van der Waals surface area (Å²) in [7, 11) is 2.07. The van der Waals surface area contributed by atoms with Gasteiger partial charge in [0.25, 0.3) is 0 Å². The first kappa shape index (κ1) is 33.4. The van der Waals surface area contributed by atoms with Gasteiger partial charge in [-0.2, -0.15) is 17.9 Å². The Hall–Kier alpha value is -4.97. The highest BCUT2D eigenvalue weighted by Gasteiger charge is 2.43. The van der Waals surface area contributed by atoms with Gasteiger partial charge in [0.15, 0.2) is 5.65 Å². The maximum Gasteiger partial charge on any atom is 0.493 e. The Morgan fingerprint density at radius 2 is 1.70 bits per heavy atom. The van der Waals surface area contributed by atoms with Crippen molar-refractivity contribution in [3.63, 3.8) is 0 Å². The molecule has 1 saturated heterocycles. The minimum Gasteiger partial charge on any atom is -0.459 e. The number of halogens is 3. The van der Waals surface area contributed by atoms with Crippen LogP contribution in [0.1, 0.15) is 54.1 Å². The number of nitrogens with one attached hydrogen (secondary N) is 1. The maximum atomic E-state index is 13.6. The van der Waals surface area contributed by atoms with Crippen LogP contribution in [0.15, 0.2) is 67.4 Å². The fourth-order valence-electron chi connectivity index (χ4n) is 5.66. The van der Waals surface area contributed by atoms with Crippen molar-refractivity contribution in [1.29, 1.82) is 0 Å². The van der Waals surface area contributed by atoms with E-state index in [2.05, 4.69) is 28.8 Å². The van der Waals surface area contributed by atoms with E-state index >= 15 is 0 Å². The number of esters is 1. The zero-order valence-electron chi connectivity index (χ0n) is 26.5. The number of carbonyl (C=O) groups is 3. The monoisotopic (exact) mass is 648 g/mol. The van der Waals surface area contributed by atoms with E-state index in [4.69, 9.17) is 9.57 Å². The molecule has 2 aromatic heterocycles. The van der Waals surface area contributed by atoms with Crippen molar-refractivity contribution in [3.05, 3.63) is 84.1 Å². The van der Waals surface area contributed by atoms with E-state index in [1.54, 1.807) is 51.1 Å². The molecule has 0 radical (unpaired) electrons. The number of piperidine rings is 1. The average molecular weight is 649 g/mol. The Bertz CT molecular complexity index is 1840. The first-order valence-corrected chi connectivity index (χ1v) is 15.1. The number of alkyl halides is 3. The second-order valence-corrected chi connectivity index (χ2v) is 11.9. The van der Waals surface area contributed by atoms with Gasteiger partial charge in [0.05, 0.1) is 17.4 Å². The summed E-state index contributed by atoms with van der Waals surface area (Å²) in [5.74, 6) is -3.28. The number of likely N-dealkylation sites (tertiary alicyclic amines) is 1. The summed E-state index contributed by atoms with van der Waals surface area (Å²) in [5, 5.41) is 2.96. The number of benzene rings is 2. The summed E-state index contributed by atoms with van der Waals surface area (Å²) in [6.45, 7) is 10.5. The summed E-state index contributed by atoms with van der Waals surface area (Å²) < 4.78 is 46.9. The van der Waals surface area contributed by atoms with Crippen molar-refractivity contribution >= 4 is 34.6 Å². The Labute approximate surface area is 269 Å². The van der Waals surface area contributed by atoms with Gasteiger partial charge in [-0.3, -0.25) is 4.79 Å². The van der Waals surface area contributed by atoms with Crippen LogP contribution in [0.3, 0.4) is 0 Å². The number of pyridine rings is 1. The van der Waals surface area contributed by atoms with Gasteiger partial charge in [0.2, 0.25) is 5.91 Å². The molecule has 9 nitrogen and oxygen atoms in total. The predicted molar refractivity (Wildman–Crippen MR) is 172 cm³/mol. The molecule has 4 aromatic rings. The zero-order valence-corrected chi connectivity index (χ0v) is 26.5. The van der Waals surface area contributed by atoms with Gasteiger partial charge in [-0.25, -0.2) is 14.6 Å². The fraction of sp³-hybridized carbons (Fsp3) is 0.314. The van der Waals surface area contributed by atoms with Crippen molar-refractivity contribution in [2.24, 2.45) is 0 Å². The third-order valence-electron chi connectivity index (χ3n) is 8.10. The molecule has 2 aromatic carbocycles. The molecule has 3 heterocycles. The summed E-state index contributed by atoms with van der Waals surface area (Å²) in [5.41, 5.74) is 3.43. The molecule has 1 fully saturated rings. The Balaban J connectivity index is 1.78. The fourth-order valence-corrected chi connectivity index (χ4v) is 5.66. The molecular formula is C35H35F3N4O5. The highest BCUT2D eigenvalue weighted by Crippen LogP contribution is 2.42. The van der Waals surface area contributed by atoms with Gasteiger partial charge in [-0.15, -0.1) is 0 Å². The Kier molecular flexibility index (Phi) is 9.53. The predicted octanol–water partition coefficient (Wildman–Crippen LogP) is 6.70. The molecule has 0 atom stereocenters. The zero-order chi connectivity index (χ0) is 34.0. The molecule has 5 rings (SSSR count). The number of aryl methyl sites for hydroxylation is 1. The van der Waals surface area contributed by atoms with E-state index in [9.17, 15) is 27.6 Å². The van der Waals surface area contributed by atoms with Crippen LogP contribution in [-0.2, 0) is 14.3 Å². The third-order valence-corrected chi connectivity index (χ3v) is 8.10. The molecule has 0 saturated carbocycles. The SMILES string of the molecule is C=CC(=O)Nc1cc(-c2c(-c3ccc(C4CCN(C)CC4)cc3)n(OC(=O)C(F)(F)F)c3ncc(C(=O)OC(C)C)cc23)ccc1C. The van der Waals surface area contributed by atoms with E-state index in [1.807, 2.05) is 12.1 Å². The van der Waals surface area contributed by atoms with Gasteiger partial charge in [0.1, 0.15) is 0 Å². The van der Waals surface area contributed by atoms with E-state index in [-0.39, 0.29) is 22.3 Å². The number of hydrogen-bond acceptors (Lipinski definition) is 7. The second-order valence-electron chi connectivity index (χ2n) is 11.9. The number of fused-ring (bicyclic) bond motifs is 1. The molecule has 0 unspecified atom stereocenters. The number of rotatable bonds is 8. The second kappa shape index (κ2) is 13.4. The van der Waals surface area contributed by atoms with Crippen LogP contribution in [0.25, 0.3) is 33.4 Å². The Morgan fingerprint density at radius 3 is 2.32 bits per heavy atom. The molecular weight excluding hydrogens is 613 g/mol. The summed E-state index contributed by atoms with van der Waals surface area (Å²) in [6.07, 6.45) is -1.55. The molecule has 1 N–H and O–H groups in total. The number of anilines is 1. The lowest BCUT2D eigenvalue weighted by atomic mass is 9.88. The van der Waals surface area contributed by atoms with Crippen molar-refractivity contribution < 1.29 is 37.1 Å². The number of hydrogen-bond donors (Lipinski definition) is 1. The normalized spacial score (nSPS) is 14.3. The molecule has 0 bridgehead atoms. The van der Waals surface area contributed by atoms with Crippen LogP contribution < -0.4 is 10.2 Å². The summed E-state index contributed by atoms with van der Waals surface area (Å²) in [4.78, 5) is 49.0. The van der Waals surface area contributed by atoms with Crippen LogP contribution >= 0.6 is 0 Å². The van der Waals surface area contributed by atoms with Crippen LogP contribution in [0, 0.1) is 6.92 Å². The molecule has 0 aliphatic carbocycles. The number of aromatic nitrogens is 2. The number of carbonyl (C=O) groups excluding carboxylic acids is 3. The lowest BCUT2D eigenvalue weighted by Gasteiger charge is -2.29. The molecule has 1 aliphatic rings. The van der Waals surface area contributed by atoms with E-state index < -0.39 is 30.1 Å². The first-order chi connectivity index (χ1) is 22.3. The van der Waals surface area contributed by atoms with Gasteiger partial charge >= 0.3 is 18.1 Å². The van der Waals surface area contributed by atoms with Crippen LogP contribution in [-0.4, -0.2) is 64.9 Å². The van der Waals surface area contributed by atoms with Gasteiger partial charge < -0.3 is 19.8 Å². The minimum atomic E-state index is -5.31. The largest absolute Gasteiger partial charge is 0.493 e. The number of amides is 1. The Morgan fingerprint density at radius 1 is 1.04 bits per heavy atom. The van der Waals surface area contributed by atoms with Crippen LogP contribution in [0.4, 0.5) is 18.9 Å². The van der Waals surface area contributed by atoms with Crippen molar-refractivity contribution in [2.75, 3.05) is 25.5 Å².